The first-order valence-electron chi connectivity index (χ1n) is 6.78. The largest absolute Gasteiger partial charge is 0.378 e. The summed E-state index contributed by atoms with van der Waals surface area (Å²) in [6.45, 7) is 4.75. The first-order valence-corrected chi connectivity index (χ1v) is 6.78. The Labute approximate surface area is 107 Å². The number of hydrogen-bond acceptors (Lipinski definition) is 4. The number of ether oxygens (including phenoxy) is 2. The maximum Gasteiger partial charge on any atom is 0.113 e. The molecule has 4 nitrogen and oxygen atoms in total. The summed E-state index contributed by atoms with van der Waals surface area (Å²) in [5, 5.41) is 0. The Bertz CT molecular complexity index is 451. The van der Waals surface area contributed by atoms with Gasteiger partial charge in [-0.05, 0) is 18.9 Å². The van der Waals surface area contributed by atoms with Crippen LogP contribution in [0, 0.1) is 0 Å². The Hall–Kier alpha value is -0.970. The van der Waals surface area contributed by atoms with Crippen molar-refractivity contribution in [2.75, 3.05) is 26.3 Å². The van der Waals surface area contributed by atoms with Gasteiger partial charge in [0, 0.05) is 24.8 Å². The number of nitrogens with zero attached hydrogens (tertiary/aromatic N) is 2. The van der Waals surface area contributed by atoms with E-state index in [1.54, 1.807) is 0 Å². The summed E-state index contributed by atoms with van der Waals surface area (Å²) >= 11 is 0. The average Bonchev–Trinajstić information content (AvgIpc) is 2.70. The Morgan fingerprint density at radius 2 is 2.11 bits per heavy atom. The van der Waals surface area contributed by atoms with Crippen molar-refractivity contribution in [3.8, 4) is 0 Å². The maximum atomic E-state index is 6.11. The van der Waals surface area contributed by atoms with Crippen LogP contribution in [0.2, 0.25) is 0 Å². The average molecular weight is 246 g/mol. The minimum Gasteiger partial charge on any atom is -0.378 e. The minimum atomic E-state index is -0.0995. The van der Waals surface area contributed by atoms with Crippen LogP contribution >= 0.6 is 0 Å². The third-order valence-corrected chi connectivity index (χ3v) is 4.57. The quantitative estimate of drug-likeness (QED) is 0.748. The summed E-state index contributed by atoms with van der Waals surface area (Å²) in [4.78, 5) is 7.11. The molecule has 1 aromatic heterocycles. The summed E-state index contributed by atoms with van der Waals surface area (Å²) < 4.78 is 11.4. The fourth-order valence-electron chi connectivity index (χ4n) is 3.32. The molecule has 0 bridgehead atoms. The topological polar surface area (TPSA) is 34.6 Å². The van der Waals surface area contributed by atoms with Crippen LogP contribution in [0.5, 0.6) is 0 Å². The van der Waals surface area contributed by atoms with Gasteiger partial charge in [-0.15, -0.1) is 0 Å². The molecule has 2 fully saturated rings. The number of likely N-dealkylation sites (tertiary alicyclic amines) is 1. The molecule has 4 heterocycles. The van der Waals surface area contributed by atoms with Gasteiger partial charge in [-0.3, -0.25) is 9.88 Å². The second kappa shape index (κ2) is 4.02. The lowest BCUT2D eigenvalue weighted by Crippen LogP contribution is -2.54. The summed E-state index contributed by atoms with van der Waals surface area (Å²) in [5.41, 5.74) is 2.37. The molecule has 0 saturated carbocycles. The lowest BCUT2D eigenvalue weighted by Gasteiger charge is -2.44. The van der Waals surface area contributed by atoms with E-state index >= 15 is 0 Å². The Morgan fingerprint density at radius 3 is 2.83 bits per heavy atom. The Kier molecular flexibility index (Phi) is 2.43. The third-order valence-electron chi connectivity index (χ3n) is 4.57. The van der Waals surface area contributed by atoms with Crippen LogP contribution in [0.4, 0.5) is 0 Å². The highest BCUT2D eigenvalue weighted by Crippen LogP contribution is 2.43. The number of hydrogen-bond donors (Lipinski definition) is 0. The van der Waals surface area contributed by atoms with E-state index < -0.39 is 0 Å². The van der Waals surface area contributed by atoms with Crippen molar-refractivity contribution < 1.29 is 9.47 Å². The summed E-state index contributed by atoms with van der Waals surface area (Å²) in [6, 6.07) is 4.79. The van der Waals surface area contributed by atoms with Gasteiger partial charge < -0.3 is 9.47 Å². The molecule has 2 saturated heterocycles. The van der Waals surface area contributed by atoms with E-state index in [-0.39, 0.29) is 5.60 Å². The molecule has 3 aliphatic rings. The maximum absolute atomic E-state index is 6.11. The zero-order valence-corrected chi connectivity index (χ0v) is 10.5. The van der Waals surface area contributed by atoms with E-state index in [4.69, 9.17) is 9.47 Å². The Balaban J connectivity index is 1.53. The molecule has 1 aromatic rings. The van der Waals surface area contributed by atoms with Crippen molar-refractivity contribution in [1.82, 2.24) is 9.88 Å². The van der Waals surface area contributed by atoms with E-state index in [0.29, 0.717) is 6.04 Å². The van der Waals surface area contributed by atoms with Gasteiger partial charge in [0.1, 0.15) is 5.60 Å². The molecule has 0 radical (unpaired) electrons. The third kappa shape index (κ3) is 1.53. The predicted molar refractivity (Wildman–Crippen MR) is 66.1 cm³/mol. The zero-order chi connectivity index (χ0) is 12.0. The van der Waals surface area contributed by atoms with Crippen LogP contribution in [-0.2, 0) is 21.7 Å². The number of pyridine rings is 1. The lowest BCUT2D eigenvalue weighted by molar-refractivity contribution is -0.120. The van der Waals surface area contributed by atoms with Crippen molar-refractivity contribution in [2.45, 2.75) is 31.1 Å². The van der Waals surface area contributed by atoms with Crippen molar-refractivity contribution >= 4 is 0 Å². The molecule has 4 heteroatoms. The van der Waals surface area contributed by atoms with Gasteiger partial charge in [0.2, 0.25) is 0 Å². The molecule has 0 N–H and O–H groups in total. The highest BCUT2D eigenvalue weighted by atomic mass is 16.5. The second-order valence-electron chi connectivity index (χ2n) is 5.52. The molecule has 0 aliphatic carbocycles. The van der Waals surface area contributed by atoms with E-state index in [0.717, 1.165) is 45.8 Å². The molecule has 96 valence electrons. The van der Waals surface area contributed by atoms with Gasteiger partial charge in [0.25, 0.3) is 0 Å². The first-order chi connectivity index (χ1) is 8.87. The van der Waals surface area contributed by atoms with Gasteiger partial charge in [-0.25, -0.2) is 0 Å². The SMILES string of the molecule is c1cnc2c(c1)COC21CCN(C2COC2)CC1. The number of fused-ring (bicyclic) bond motifs is 2. The van der Waals surface area contributed by atoms with Crippen LogP contribution in [0.15, 0.2) is 18.3 Å². The predicted octanol–water partition coefficient (Wildman–Crippen LogP) is 1.30. The summed E-state index contributed by atoms with van der Waals surface area (Å²) in [7, 11) is 0. The van der Waals surface area contributed by atoms with Gasteiger partial charge in [0.15, 0.2) is 0 Å². The van der Waals surface area contributed by atoms with Gasteiger partial charge in [-0.2, -0.15) is 0 Å². The number of aromatic nitrogens is 1. The van der Waals surface area contributed by atoms with Crippen molar-refractivity contribution in [1.29, 1.82) is 0 Å². The fraction of sp³-hybridized carbons (Fsp3) is 0.643. The van der Waals surface area contributed by atoms with Crippen LogP contribution < -0.4 is 0 Å². The molecule has 4 rings (SSSR count). The van der Waals surface area contributed by atoms with Gasteiger partial charge >= 0.3 is 0 Å². The molecule has 0 unspecified atom stereocenters. The van der Waals surface area contributed by atoms with Crippen molar-refractivity contribution in [3.05, 3.63) is 29.6 Å². The van der Waals surface area contributed by atoms with Crippen LogP contribution in [0.1, 0.15) is 24.1 Å². The molecule has 0 aromatic carbocycles. The molecule has 0 amide bonds. The molecule has 0 atom stereocenters. The van der Waals surface area contributed by atoms with Crippen LogP contribution in [0.3, 0.4) is 0 Å². The normalized spacial score (nSPS) is 27.1. The fourth-order valence-corrected chi connectivity index (χ4v) is 3.32. The minimum absolute atomic E-state index is 0.0995. The first kappa shape index (κ1) is 10.9. The summed E-state index contributed by atoms with van der Waals surface area (Å²) in [6.07, 6.45) is 4.02. The molecule has 1 spiro atoms. The molecular formula is C14H18N2O2. The molecule has 18 heavy (non-hydrogen) atoms. The van der Waals surface area contributed by atoms with Crippen molar-refractivity contribution in [3.63, 3.8) is 0 Å². The van der Waals surface area contributed by atoms with Gasteiger partial charge in [0.05, 0.1) is 31.6 Å². The standard InChI is InChI=1S/C14H18N2O2/c1-2-11-8-18-14(13(11)15-5-1)3-6-16(7-4-14)12-9-17-10-12/h1-2,5,12H,3-4,6-10H2. The highest BCUT2D eigenvalue weighted by Gasteiger charge is 2.45. The van der Waals surface area contributed by atoms with E-state index in [1.165, 1.54) is 11.3 Å². The van der Waals surface area contributed by atoms with E-state index in [2.05, 4.69) is 16.0 Å². The van der Waals surface area contributed by atoms with Crippen LogP contribution in [0.25, 0.3) is 0 Å². The zero-order valence-electron chi connectivity index (χ0n) is 10.5. The lowest BCUT2D eigenvalue weighted by atomic mass is 9.86. The number of piperidine rings is 1. The number of rotatable bonds is 1. The van der Waals surface area contributed by atoms with Gasteiger partial charge in [-0.1, -0.05) is 6.07 Å². The summed E-state index contributed by atoms with van der Waals surface area (Å²) in [5.74, 6) is 0. The molecule has 3 aliphatic heterocycles. The van der Waals surface area contributed by atoms with Crippen molar-refractivity contribution in [2.24, 2.45) is 0 Å². The van der Waals surface area contributed by atoms with E-state index in [1.807, 2.05) is 12.3 Å². The van der Waals surface area contributed by atoms with E-state index in [9.17, 15) is 0 Å². The highest BCUT2D eigenvalue weighted by molar-refractivity contribution is 5.29. The second-order valence-corrected chi connectivity index (χ2v) is 5.52. The molecular weight excluding hydrogens is 228 g/mol. The van der Waals surface area contributed by atoms with Crippen LogP contribution in [-0.4, -0.2) is 42.2 Å². The Morgan fingerprint density at radius 1 is 1.28 bits per heavy atom. The monoisotopic (exact) mass is 246 g/mol. The smallest absolute Gasteiger partial charge is 0.113 e.